The zero-order valence-electron chi connectivity index (χ0n) is 28.0. The van der Waals surface area contributed by atoms with Gasteiger partial charge in [-0.15, -0.1) is 0 Å². The Balaban J connectivity index is 1.17. The van der Waals surface area contributed by atoms with E-state index in [1.54, 1.807) is 6.07 Å². The number of fused-ring (bicyclic) bond motifs is 2. The van der Waals surface area contributed by atoms with Crippen molar-refractivity contribution in [3.05, 3.63) is 182 Å². The zero-order valence-corrected chi connectivity index (χ0v) is 28.0. The first kappa shape index (κ1) is 30.7. The summed E-state index contributed by atoms with van der Waals surface area (Å²) in [6.07, 6.45) is 0. The average molecular weight is 664 g/mol. The molecule has 0 atom stereocenters. The second-order valence-corrected chi connectivity index (χ2v) is 12.6. The van der Waals surface area contributed by atoms with Crippen molar-refractivity contribution in [2.75, 3.05) is 0 Å². The van der Waals surface area contributed by atoms with E-state index in [1.807, 2.05) is 72.8 Å². The molecule has 0 radical (unpaired) electrons. The van der Waals surface area contributed by atoms with Crippen LogP contribution in [0.15, 0.2) is 176 Å². The minimum absolute atomic E-state index is 0.403. The van der Waals surface area contributed by atoms with E-state index in [2.05, 4.69) is 108 Å². The smallest absolute Gasteiger partial charge is 0.164 e. The quantitative estimate of drug-likeness (QED) is 0.177. The minimum Gasteiger partial charge on any atom is -0.237 e. The average Bonchev–Trinajstić information content (AvgIpc) is 3.23. The Labute approximate surface area is 301 Å². The number of nitrogens with zero attached hydrogens (tertiary/aromatic N) is 5. The fraction of sp³-hybridized carbons (Fsp3) is 0. The van der Waals surface area contributed by atoms with E-state index in [1.165, 1.54) is 0 Å². The van der Waals surface area contributed by atoms with Gasteiger partial charge >= 0.3 is 0 Å². The highest BCUT2D eigenvalue weighted by atomic mass is 15.0. The Bertz CT molecular complexity index is 2750. The lowest BCUT2D eigenvalue weighted by molar-refractivity contribution is 1.07. The molecule has 0 fully saturated rings. The summed E-state index contributed by atoms with van der Waals surface area (Å²) in [5, 5.41) is 14.0. The molecule has 0 saturated carbocycles. The van der Waals surface area contributed by atoms with E-state index in [0.717, 1.165) is 71.7 Å². The van der Waals surface area contributed by atoms with Crippen LogP contribution in [-0.2, 0) is 0 Å². The maximum Gasteiger partial charge on any atom is 0.164 e. The summed E-state index contributed by atoms with van der Waals surface area (Å²) in [7, 11) is 0. The summed E-state index contributed by atoms with van der Waals surface area (Å²) in [4.78, 5) is 19.4. The van der Waals surface area contributed by atoms with Crippen LogP contribution in [-0.4, -0.2) is 19.9 Å². The summed E-state index contributed by atoms with van der Waals surface area (Å²) in [5.41, 5.74) is 9.46. The highest BCUT2D eigenvalue weighted by molar-refractivity contribution is 6.12. The van der Waals surface area contributed by atoms with Gasteiger partial charge in [-0.1, -0.05) is 158 Å². The van der Waals surface area contributed by atoms with E-state index >= 15 is 0 Å². The molecule has 5 nitrogen and oxygen atoms in total. The number of nitriles is 1. The van der Waals surface area contributed by atoms with Crippen LogP contribution in [0.4, 0.5) is 0 Å². The van der Waals surface area contributed by atoms with Gasteiger partial charge < -0.3 is 0 Å². The van der Waals surface area contributed by atoms with Crippen molar-refractivity contribution in [1.29, 1.82) is 5.26 Å². The largest absolute Gasteiger partial charge is 0.237 e. The van der Waals surface area contributed by atoms with Gasteiger partial charge in [-0.05, 0) is 62.0 Å². The van der Waals surface area contributed by atoms with Gasteiger partial charge in [0.05, 0.1) is 5.69 Å². The molecule has 2 heterocycles. The first-order chi connectivity index (χ1) is 25.7. The third-order valence-electron chi connectivity index (χ3n) is 9.41. The van der Waals surface area contributed by atoms with Crippen LogP contribution in [0.1, 0.15) is 5.69 Å². The van der Waals surface area contributed by atoms with Crippen LogP contribution in [0.25, 0.3) is 89.2 Å². The summed E-state index contributed by atoms with van der Waals surface area (Å²) in [5.74, 6) is 1.89. The molecule has 5 heteroatoms. The summed E-state index contributed by atoms with van der Waals surface area (Å²) >= 11 is 0. The van der Waals surface area contributed by atoms with Crippen molar-refractivity contribution in [3.63, 3.8) is 0 Å². The molecule has 52 heavy (non-hydrogen) atoms. The van der Waals surface area contributed by atoms with Crippen molar-refractivity contribution in [2.45, 2.75) is 0 Å². The Morgan fingerprint density at radius 2 is 0.750 bits per heavy atom. The lowest BCUT2D eigenvalue weighted by Gasteiger charge is -2.16. The van der Waals surface area contributed by atoms with Gasteiger partial charge in [0.25, 0.3) is 0 Å². The van der Waals surface area contributed by atoms with E-state index in [0.29, 0.717) is 23.2 Å². The normalized spacial score (nSPS) is 11.1. The van der Waals surface area contributed by atoms with Crippen LogP contribution in [0.2, 0.25) is 0 Å². The van der Waals surface area contributed by atoms with E-state index in [4.69, 9.17) is 15.0 Å². The number of benzene rings is 7. The summed E-state index contributed by atoms with van der Waals surface area (Å²) in [6, 6.07) is 62.0. The van der Waals surface area contributed by atoms with Crippen molar-refractivity contribution in [2.24, 2.45) is 0 Å². The van der Waals surface area contributed by atoms with Gasteiger partial charge in [0.15, 0.2) is 17.5 Å². The monoisotopic (exact) mass is 663 g/mol. The Morgan fingerprint density at radius 3 is 1.33 bits per heavy atom. The number of aromatic nitrogens is 4. The molecule has 9 aromatic rings. The predicted molar refractivity (Wildman–Crippen MR) is 210 cm³/mol. The molecule has 0 bridgehead atoms. The molecule has 7 aromatic carbocycles. The van der Waals surface area contributed by atoms with Crippen LogP contribution >= 0.6 is 0 Å². The van der Waals surface area contributed by atoms with Crippen LogP contribution in [0, 0.1) is 11.3 Å². The van der Waals surface area contributed by atoms with E-state index < -0.39 is 0 Å². The molecular weight excluding hydrogens is 635 g/mol. The summed E-state index contributed by atoms with van der Waals surface area (Å²) < 4.78 is 0. The topological polar surface area (TPSA) is 75.3 Å². The number of hydrogen-bond acceptors (Lipinski definition) is 5. The van der Waals surface area contributed by atoms with E-state index in [-0.39, 0.29) is 0 Å². The maximum atomic E-state index is 9.48. The van der Waals surface area contributed by atoms with Gasteiger partial charge in [-0.3, -0.25) is 0 Å². The zero-order chi connectivity index (χ0) is 34.9. The van der Waals surface area contributed by atoms with Crippen molar-refractivity contribution in [1.82, 2.24) is 19.9 Å². The molecule has 242 valence electrons. The molecule has 0 unspecified atom stereocenters. The number of hydrogen-bond donors (Lipinski definition) is 0. The standard InChI is InChI=1S/C47H29N5/c48-30-35-19-12-24-44(49-35)43-28-27-42(39-22-9-10-23-40(39)43)41-26-25-36(37-20-7-8-21-38(37)41)33-17-11-18-34(29-33)47-51-45(31-13-3-1-4-14-31)50-46(52-47)32-15-5-2-6-16-32/h1-29H. The van der Waals surface area contributed by atoms with Gasteiger partial charge in [-0.25, -0.2) is 19.9 Å². The van der Waals surface area contributed by atoms with E-state index in [9.17, 15) is 5.26 Å². The fourth-order valence-corrected chi connectivity index (χ4v) is 6.95. The van der Waals surface area contributed by atoms with Crippen molar-refractivity contribution < 1.29 is 0 Å². The molecule has 2 aromatic heterocycles. The molecule has 9 rings (SSSR count). The second-order valence-electron chi connectivity index (χ2n) is 12.6. The molecule has 0 N–H and O–H groups in total. The second kappa shape index (κ2) is 13.2. The molecular formula is C47H29N5. The van der Waals surface area contributed by atoms with Crippen LogP contribution < -0.4 is 0 Å². The van der Waals surface area contributed by atoms with Gasteiger partial charge in [0, 0.05) is 22.3 Å². The predicted octanol–water partition coefficient (Wildman–Crippen LogP) is 11.4. The maximum absolute atomic E-state index is 9.48. The minimum atomic E-state index is 0.403. The first-order valence-corrected chi connectivity index (χ1v) is 17.1. The third kappa shape index (κ3) is 5.65. The van der Waals surface area contributed by atoms with Crippen molar-refractivity contribution >= 4 is 21.5 Å². The lowest BCUT2D eigenvalue weighted by Crippen LogP contribution is -2.00. The number of pyridine rings is 1. The Hall–Kier alpha value is -7.29. The SMILES string of the molecule is N#Cc1cccc(-c2ccc(-c3ccc(-c4cccc(-c5nc(-c6ccccc6)nc(-c6ccccc6)n5)c4)c4ccccc34)c3ccccc23)n1. The van der Waals surface area contributed by atoms with Crippen LogP contribution in [0.5, 0.6) is 0 Å². The molecule has 0 aliphatic heterocycles. The van der Waals surface area contributed by atoms with Gasteiger partial charge in [0.2, 0.25) is 0 Å². The summed E-state index contributed by atoms with van der Waals surface area (Å²) in [6.45, 7) is 0. The number of rotatable bonds is 6. The van der Waals surface area contributed by atoms with Crippen LogP contribution in [0.3, 0.4) is 0 Å². The molecule has 0 spiro atoms. The van der Waals surface area contributed by atoms with Crippen molar-refractivity contribution in [3.8, 4) is 73.7 Å². The molecule has 0 amide bonds. The first-order valence-electron chi connectivity index (χ1n) is 17.1. The Kier molecular flexibility index (Phi) is 7.81. The molecule has 0 aliphatic carbocycles. The lowest BCUT2D eigenvalue weighted by atomic mass is 9.88. The molecule has 0 saturated heterocycles. The Morgan fingerprint density at radius 1 is 0.327 bits per heavy atom. The van der Waals surface area contributed by atoms with Gasteiger partial charge in [0.1, 0.15) is 11.8 Å². The molecule has 0 aliphatic rings. The van der Waals surface area contributed by atoms with Gasteiger partial charge in [-0.2, -0.15) is 5.26 Å². The fourth-order valence-electron chi connectivity index (χ4n) is 6.95. The highest BCUT2D eigenvalue weighted by Gasteiger charge is 2.16. The third-order valence-corrected chi connectivity index (χ3v) is 9.41. The highest BCUT2D eigenvalue weighted by Crippen LogP contribution is 2.41.